The maximum atomic E-state index is 14.4. The molecule has 1 amide bonds. The zero-order valence-electron chi connectivity index (χ0n) is 28.0. The monoisotopic (exact) mass is 662 g/mol. The summed E-state index contributed by atoms with van der Waals surface area (Å²) < 4.78 is 11.2. The number of unbranched alkanes of at least 4 members (excludes halogenated alkanes) is 2. The van der Waals surface area contributed by atoms with Gasteiger partial charge in [-0.15, -0.1) is 5.10 Å². The number of hydrogen-bond acceptors (Lipinski definition) is 9. The molecule has 2 bridgehead atoms. The number of esters is 2. The van der Waals surface area contributed by atoms with Crippen molar-refractivity contribution in [2.45, 2.75) is 89.3 Å². The minimum atomic E-state index is -0.945. The Kier molecular flexibility index (Phi) is 9.27. The predicted octanol–water partition coefficient (Wildman–Crippen LogP) is 6.18. The smallest absolute Gasteiger partial charge is 0.338 e. The van der Waals surface area contributed by atoms with Crippen LogP contribution in [0.25, 0.3) is 22.5 Å². The fourth-order valence-corrected chi connectivity index (χ4v) is 8.04. The number of nitrogens with zero attached hydrogens (tertiary/aromatic N) is 5. The van der Waals surface area contributed by atoms with E-state index in [0.717, 1.165) is 60.8 Å². The molecular weight excluding hydrogens is 620 g/mol. The standard InChI is InChI=1S/C38H42N6O5/c1-3-5-6-14-33-32(23-25-15-17-26(18-16-25)30-12-7-8-13-31(30)34-39-41-42-40-34)35(45)43-28-19-21-38(22-20-28,44(33)43)37(47)49-29-11-9-10-27(24-29)36(46)48-4-2/h7-13,15-18,24,28,32-33H,3-6,14,19-23H2,1-2H3,(H,39,40,41,42). The Bertz CT molecular complexity index is 1800. The number of H-pyrrole nitrogens is 1. The van der Waals surface area contributed by atoms with E-state index in [1.165, 1.54) is 0 Å². The van der Waals surface area contributed by atoms with E-state index in [2.05, 4.69) is 56.8 Å². The summed E-state index contributed by atoms with van der Waals surface area (Å²) in [7, 11) is 0. The number of benzene rings is 3. The van der Waals surface area contributed by atoms with Crippen molar-refractivity contribution in [3.05, 3.63) is 83.9 Å². The third-order valence-electron chi connectivity index (χ3n) is 10.4. The van der Waals surface area contributed by atoms with Crippen molar-refractivity contribution < 1.29 is 23.9 Å². The Hall–Kier alpha value is -4.90. The number of nitrogens with one attached hydrogen (secondary N) is 1. The highest BCUT2D eigenvalue weighted by molar-refractivity contribution is 5.91. The van der Waals surface area contributed by atoms with Gasteiger partial charge >= 0.3 is 11.9 Å². The molecule has 11 nitrogen and oxygen atoms in total. The second kappa shape index (κ2) is 13.9. The summed E-state index contributed by atoms with van der Waals surface area (Å²) in [6, 6.07) is 22.9. The Morgan fingerprint density at radius 1 is 0.959 bits per heavy atom. The molecule has 3 saturated heterocycles. The molecule has 4 fully saturated rings. The lowest BCUT2D eigenvalue weighted by molar-refractivity contribution is -0.211. The third-order valence-corrected chi connectivity index (χ3v) is 10.4. The predicted molar refractivity (Wildman–Crippen MR) is 182 cm³/mol. The Morgan fingerprint density at radius 2 is 1.73 bits per heavy atom. The van der Waals surface area contributed by atoms with E-state index in [1.807, 2.05) is 29.3 Å². The molecule has 1 saturated carbocycles. The first-order valence-corrected chi connectivity index (χ1v) is 17.5. The molecule has 4 aromatic rings. The van der Waals surface area contributed by atoms with Gasteiger partial charge < -0.3 is 9.47 Å². The van der Waals surface area contributed by atoms with E-state index in [0.29, 0.717) is 36.4 Å². The van der Waals surface area contributed by atoms with E-state index >= 15 is 0 Å². The minimum absolute atomic E-state index is 0.0810. The lowest BCUT2D eigenvalue weighted by Gasteiger charge is -2.57. The van der Waals surface area contributed by atoms with Gasteiger partial charge in [0.2, 0.25) is 5.91 Å². The molecule has 2 unspecified atom stereocenters. The van der Waals surface area contributed by atoms with Crippen LogP contribution in [0, 0.1) is 5.92 Å². The fourth-order valence-electron chi connectivity index (χ4n) is 8.04. The van der Waals surface area contributed by atoms with Crippen LogP contribution in [0.5, 0.6) is 5.75 Å². The Labute approximate surface area is 285 Å². The van der Waals surface area contributed by atoms with E-state index in [4.69, 9.17) is 9.47 Å². The van der Waals surface area contributed by atoms with Crippen molar-refractivity contribution in [2.75, 3.05) is 6.61 Å². The number of hydrazine groups is 1. The molecule has 1 aromatic heterocycles. The highest BCUT2D eigenvalue weighted by Gasteiger charge is 2.64. The van der Waals surface area contributed by atoms with Gasteiger partial charge in [-0.3, -0.25) is 9.80 Å². The maximum Gasteiger partial charge on any atom is 0.338 e. The highest BCUT2D eigenvalue weighted by atomic mass is 16.5. The highest BCUT2D eigenvalue weighted by Crippen LogP contribution is 2.51. The summed E-state index contributed by atoms with van der Waals surface area (Å²) in [5.74, 6) is -0.111. The largest absolute Gasteiger partial charge is 0.462 e. The van der Waals surface area contributed by atoms with Crippen LogP contribution in [0.2, 0.25) is 0 Å². The Morgan fingerprint density at radius 3 is 2.45 bits per heavy atom. The molecule has 254 valence electrons. The minimum Gasteiger partial charge on any atom is -0.462 e. The first-order valence-electron chi connectivity index (χ1n) is 17.5. The quantitative estimate of drug-likeness (QED) is 0.107. The number of carbonyl (C=O) groups is 3. The molecule has 49 heavy (non-hydrogen) atoms. The van der Waals surface area contributed by atoms with E-state index in [1.54, 1.807) is 31.2 Å². The van der Waals surface area contributed by atoms with Crippen LogP contribution in [-0.2, 0) is 20.7 Å². The molecule has 1 N–H and O–H groups in total. The van der Waals surface area contributed by atoms with Gasteiger partial charge in [-0.1, -0.05) is 80.8 Å². The number of aromatic nitrogens is 4. The molecule has 11 heteroatoms. The number of amides is 1. The second-order valence-corrected chi connectivity index (χ2v) is 13.3. The summed E-state index contributed by atoms with van der Waals surface area (Å²) in [5, 5.41) is 18.5. The molecule has 4 aliphatic rings. The molecule has 4 heterocycles. The first-order chi connectivity index (χ1) is 23.9. The number of hydrogen-bond donors (Lipinski definition) is 1. The number of ether oxygens (including phenoxy) is 2. The Balaban J connectivity index is 1.16. The average Bonchev–Trinajstić information content (AvgIpc) is 3.78. The summed E-state index contributed by atoms with van der Waals surface area (Å²) in [6.45, 7) is 4.18. The number of aromatic amines is 1. The molecular formula is C38H42N6O5. The van der Waals surface area contributed by atoms with Gasteiger partial charge in [0, 0.05) is 17.6 Å². The van der Waals surface area contributed by atoms with Crippen molar-refractivity contribution in [2.24, 2.45) is 5.92 Å². The van der Waals surface area contributed by atoms with E-state index in [9.17, 15) is 14.4 Å². The summed E-state index contributed by atoms with van der Waals surface area (Å²) in [5.41, 5.74) is 3.40. The van der Waals surface area contributed by atoms with Crippen molar-refractivity contribution >= 4 is 17.8 Å². The number of carbonyl (C=O) groups excluding carboxylic acids is 3. The van der Waals surface area contributed by atoms with Crippen molar-refractivity contribution in [1.82, 2.24) is 30.6 Å². The van der Waals surface area contributed by atoms with Gasteiger partial charge in [0.25, 0.3) is 0 Å². The summed E-state index contributed by atoms with van der Waals surface area (Å²) >= 11 is 0. The van der Waals surface area contributed by atoms with E-state index < -0.39 is 11.5 Å². The van der Waals surface area contributed by atoms with Gasteiger partial charge in [-0.05, 0) is 90.8 Å². The zero-order valence-corrected chi connectivity index (χ0v) is 28.0. The fraction of sp³-hybridized carbons (Fsp3) is 0.421. The third kappa shape index (κ3) is 6.12. The van der Waals surface area contributed by atoms with Gasteiger partial charge in [0.05, 0.1) is 18.1 Å². The number of tetrazole rings is 1. The first kappa shape index (κ1) is 32.6. The second-order valence-electron chi connectivity index (χ2n) is 13.3. The molecule has 3 aromatic carbocycles. The van der Waals surface area contributed by atoms with Crippen molar-refractivity contribution in [3.8, 4) is 28.3 Å². The number of rotatable bonds is 12. The van der Waals surface area contributed by atoms with Gasteiger partial charge in [-0.2, -0.15) is 5.01 Å². The van der Waals surface area contributed by atoms with Gasteiger partial charge in [0.1, 0.15) is 11.3 Å². The average molecular weight is 663 g/mol. The topological polar surface area (TPSA) is 131 Å². The van der Waals surface area contributed by atoms with Gasteiger partial charge in [-0.25, -0.2) is 14.7 Å². The lowest BCUT2D eigenvalue weighted by atomic mass is 9.75. The zero-order chi connectivity index (χ0) is 34.0. The van der Waals surface area contributed by atoms with Crippen LogP contribution >= 0.6 is 0 Å². The summed E-state index contributed by atoms with van der Waals surface area (Å²) in [6.07, 6.45) is 7.25. The molecule has 0 radical (unpaired) electrons. The normalized spacial score (nSPS) is 23.0. The molecule has 1 aliphatic carbocycles. The molecule has 0 spiro atoms. The number of fused-ring (bicyclic) bond motifs is 2. The van der Waals surface area contributed by atoms with Crippen LogP contribution in [0.3, 0.4) is 0 Å². The SMILES string of the molecule is CCCCCC1C(Cc2ccc(-c3ccccc3-c3nnn[nH]3)cc2)C(=O)N2C3CCC(C(=O)Oc4cccc(C(=O)OCC)c4)(CC3)N12. The molecule has 8 rings (SSSR count). The van der Waals surface area contributed by atoms with Crippen LogP contribution in [0.4, 0.5) is 0 Å². The lowest BCUT2D eigenvalue weighted by Crippen LogP contribution is -2.71. The van der Waals surface area contributed by atoms with Crippen LogP contribution in [-0.4, -0.2) is 72.7 Å². The van der Waals surface area contributed by atoms with Gasteiger partial charge in [0.15, 0.2) is 5.82 Å². The maximum absolute atomic E-state index is 14.4. The van der Waals surface area contributed by atoms with Crippen LogP contribution in [0.15, 0.2) is 72.8 Å². The molecule has 3 aliphatic heterocycles. The van der Waals surface area contributed by atoms with Crippen molar-refractivity contribution in [3.63, 3.8) is 0 Å². The molecule has 2 atom stereocenters. The van der Waals surface area contributed by atoms with Crippen LogP contribution in [0.1, 0.15) is 81.1 Å². The van der Waals surface area contributed by atoms with Crippen molar-refractivity contribution in [1.29, 1.82) is 0 Å². The van der Waals surface area contributed by atoms with Crippen LogP contribution < -0.4 is 4.74 Å². The van der Waals surface area contributed by atoms with E-state index in [-0.39, 0.29) is 36.5 Å². The summed E-state index contributed by atoms with van der Waals surface area (Å²) in [4.78, 5) is 41.1.